The highest BCUT2D eigenvalue weighted by Crippen LogP contribution is 2.20. The van der Waals surface area contributed by atoms with Gasteiger partial charge in [0.05, 0.1) is 0 Å². The van der Waals surface area contributed by atoms with Gasteiger partial charge in [0.1, 0.15) is 10.6 Å². The zero-order valence-corrected chi connectivity index (χ0v) is 14.2. The number of carbonyl (C=O) groups is 1. The van der Waals surface area contributed by atoms with Crippen LogP contribution < -0.4 is 0 Å². The predicted octanol–water partition coefficient (Wildman–Crippen LogP) is 0.848. The van der Waals surface area contributed by atoms with Gasteiger partial charge in [-0.1, -0.05) is 11.3 Å². The molecule has 0 fully saturated rings. The third-order valence-electron chi connectivity index (χ3n) is 2.60. The number of tetrazole rings is 1. The molecule has 0 aliphatic heterocycles. The summed E-state index contributed by atoms with van der Waals surface area (Å²) in [5.41, 5.74) is -0.552. The van der Waals surface area contributed by atoms with Crippen molar-refractivity contribution in [1.29, 1.82) is 0 Å². The molecule has 1 N–H and O–H groups in total. The number of unbranched alkanes of at least 4 members (excludes halogenated alkanes) is 1. The Morgan fingerprint density at radius 1 is 1.26 bits per heavy atom. The van der Waals surface area contributed by atoms with Crippen LogP contribution in [0.15, 0.2) is 0 Å². The Kier molecular flexibility index (Phi) is 5.72. The summed E-state index contributed by atoms with van der Waals surface area (Å²) in [6.45, 7) is 5.46. The van der Waals surface area contributed by atoms with Gasteiger partial charge in [-0.05, 0) is 38.8 Å². The van der Waals surface area contributed by atoms with Crippen molar-refractivity contribution in [3.8, 4) is 10.8 Å². The first kappa shape index (κ1) is 17.4. The van der Waals surface area contributed by atoms with E-state index in [1.165, 1.54) is 16.1 Å². The average molecular weight is 340 g/mol. The van der Waals surface area contributed by atoms with Gasteiger partial charge < -0.3 is 9.84 Å². The summed E-state index contributed by atoms with van der Waals surface area (Å²) in [5.74, 6) is -0.0946. The fraction of sp³-hybridized carbons (Fsp3) is 0.692. The maximum absolute atomic E-state index is 11.7. The van der Waals surface area contributed by atoms with Gasteiger partial charge in [0, 0.05) is 13.0 Å². The minimum Gasteiger partial charge on any atom is -0.459 e. The van der Waals surface area contributed by atoms with E-state index in [2.05, 4.69) is 25.6 Å². The smallest absolute Gasteiger partial charge is 0.330 e. The molecule has 0 spiro atoms. The highest BCUT2D eigenvalue weighted by molar-refractivity contribution is 7.14. The molecule has 0 unspecified atom stereocenters. The topological polar surface area (TPSA) is 116 Å². The lowest BCUT2D eigenvalue weighted by Crippen LogP contribution is -2.27. The van der Waals surface area contributed by atoms with Crippen LogP contribution in [0, 0.1) is 0 Å². The van der Waals surface area contributed by atoms with Crippen LogP contribution >= 0.6 is 11.3 Å². The number of ether oxygens (including phenoxy) is 1. The van der Waals surface area contributed by atoms with Gasteiger partial charge in [-0.15, -0.1) is 20.4 Å². The summed E-state index contributed by atoms with van der Waals surface area (Å²) in [4.78, 5) is 12.9. The van der Waals surface area contributed by atoms with Crippen LogP contribution in [0.25, 0.3) is 10.8 Å². The molecule has 0 saturated carbocycles. The molecule has 0 aromatic carbocycles. The molecule has 10 heteroatoms. The standard InChI is InChI=1S/C13H20N6O3S/c1-13(2,3)22-10(21)8-19-17-11(15-18-19)12-16-14-9(23-12)6-4-5-7-20/h20H,4-8H2,1-3H3. The molecule has 2 heterocycles. The Morgan fingerprint density at radius 3 is 2.74 bits per heavy atom. The van der Waals surface area contributed by atoms with Gasteiger partial charge in [-0.2, -0.15) is 4.80 Å². The van der Waals surface area contributed by atoms with E-state index in [0.29, 0.717) is 10.8 Å². The number of carbonyl (C=O) groups excluding carboxylic acids is 1. The van der Waals surface area contributed by atoms with Crippen molar-refractivity contribution >= 4 is 17.3 Å². The third-order valence-corrected chi connectivity index (χ3v) is 3.58. The van der Waals surface area contributed by atoms with Crippen molar-refractivity contribution in [3.05, 3.63) is 5.01 Å². The van der Waals surface area contributed by atoms with E-state index in [1.807, 2.05) is 0 Å². The van der Waals surface area contributed by atoms with Gasteiger partial charge in [-0.25, -0.2) is 4.79 Å². The van der Waals surface area contributed by atoms with Gasteiger partial charge in [0.25, 0.3) is 0 Å². The molecule has 2 rings (SSSR count). The molecule has 2 aromatic rings. The number of hydrogen-bond donors (Lipinski definition) is 1. The summed E-state index contributed by atoms with van der Waals surface area (Å²) in [6, 6.07) is 0. The number of rotatable bonds is 7. The molecule has 9 nitrogen and oxygen atoms in total. The minimum absolute atomic E-state index is 0.105. The van der Waals surface area contributed by atoms with E-state index in [0.717, 1.165) is 24.3 Å². The number of aliphatic hydroxyl groups is 1. The summed E-state index contributed by atoms with van der Waals surface area (Å²) < 4.78 is 5.20. The second-order valence-electron chi connectivity index (χ2n) is 5.91. The van der Waals surface area contributed by atoms with Crippen LogP contribution in [-0.4, -0.2) is 53.7 Å². The number of aromatic nitrogens is 6. The molecule has 0 aliphatic carbocycles. The molecule has 2 aromatic heterocycles. The van der Waals surface area contributed by atoms with Gasteiger partial charge in [0.2, 0.25) is 5.82 Å². The summed E-state index contributed by atoms with van der Waals surface area (Å²) >= 11 is 1.38. The summed E-state index contributed by atoms with van der Waals surface area (Å²) in [5, 5.41) is 30.1. The molecule has 0 amide bonds. The van der Waals surface area contributed by atoms with E-state index in [4.69, 9.17) is 9.84 Å². The zero-order valence-electron chi connectivity index (χ0n) is 13.4. The lowest BCUT2D eigenvalue weighted by Gasteiger charge is -2.18. The van der Waals surface area contributed by atoms with Gasteiger partial charge in [-0.3, -0.25) is 0 Å². The Hall–Kier alpha value is -1.94. The van der Waals surface area contributed by atoms with E-state index >= 15 is 0 Å². The first-order valence-electron chi connectivity index (χ1n) is 7.30. The maximum Gasteiger partial charge on any atom is 0.330 e. The van der Waals surface area contributed by atoms with Crippen LogP contribution in [0.4, 0.5) is 0 Å². The Bertz CT molecular complexity index is 648. The van der Waals surface area contributed by atoms with Crippen molar-refractivity contribution in [2.24, 2.45) is 0 Å². The fourth-order valence-electron chi connectivity index (χ4n) is 1.72. The molecule has 0 saturated heterocycles. The first-order valence-corrected chi connectivity index (χ1v) is 8.12. The maximum atomic E-state index is 11.7. The van der Waals surface area contributed by atoms with Crippen molar-refractivity contribution in [2.45, 2.75) is 52.2 Å². The van der Waals surface area contributed by atoms with Gasteiger partial charge >= 0.3 is 5.97 Å². The van der Waals surface area contributed by atoms with Crippen molar-refractivity contribution in [1.82, 2.24) is 30.4 Å². The molecular formula is C13H20N6O3S. The molecule has 0 radical (unpaired) electrons. The molecule has 0 atom stereocenters. The molecule has 0 aliphatic rings. The van der Waals surface area contributed by atoms with Crippen molar-refractivity contribution in [2.75, 3.05) is 6.61 Å². The monoisotopic (exact) mass is 340 g/mol. The van der Waals surface area contributed by atoms with Crippen molar-refractivity contribution < 1.29 is 14.6 Å². The first-order chi connectivity index (χ1) is 10.9. The minimum atomic E-state index is -0.552. The Labute approximate surface area is 137 Å². The quantitative estimate of drug-likeness (QED) is 0.582. The lowest BCUT2D eigenvalue weighted by molar-refractivity contribution is -0.156. The van der Waals surface area contributed by atoms with Crippen LogP contribution in [0.2, 0.25) is 0 Å². The second-order valence-corrected chi connectivity index (χ2v) is 6.97. The highest BCUT2D eigenvalue weighted by atomic mass is 32.1. The number of esters is 1. The highest BCUT2D eigenvalue weighted by Gasteiger charge is 2.18. The van der Waals surface area contributed by atoms with E-state index in [1.54, 1.807) is 20.8 Å². The third kappa shape index (κ3) is 5.64. The molecule has 0 bridgehead atoms. The predicted molar refractivity (Wildman–Crippen MR) is 82.6 cm³/mol. The zero-order chi connectivity index (χ0) is 16.9. The van der Waals surface area contributed by atoms with Crippen LogP contribution in [0.5, 0.6) is 0 Å². The number of nitrogens with zero attached hydrogens (tertiary/aromatic N) is 6. The van der Waals surface area contributed by atoms with Crippen LogP contribution in [0.1, 0.15) is 38.6 Å². The second kappa shape index (κ2) is 7.55. The summed E-state index contributed by atoms with van der Waals surface area (Å²) in [7, 11) is 0. The molecular weight excluding hydrogens is 320 g/mol. The number of aliphatic hydroxyl groups excluding tert-OH is 1. The van der Waals surface area contributed by atoms with Crippen molar-refractivity contribution in [3.63, 3.8) is 0 Å². The van der Waals surface area contributed by atoms with Gasteiger partial charge in [0.15, 0.2) is 11.6 Å². The molecule has 126 valence electrons. The largest absolute Gasteiger partial charge is 0.459 e. The average Bonchev–Trinajstić information content (AvgIpc) is 3.05. The Balaban J connectivity index is 1.95. The Morgan fingerprint density at radius 2 is 2.04 bits per heavy atom. The normalized spacial score (nSPS) is 11.7. The van der Waals surface area contributed by atoms with E-state index in [-0.39, 0.29) is 13.2 Å². The lowest BCUT2D eigenvalue weighted by atomic mass is 10.2. The van der Waals surface area contributed by atoms with Crippen LogP contribution in [-0.2, 0) is 22.5 Å². The number of aryl methyl sites for hydroxylation is 1. The van der Waals surface area contributed by atoms with Crippen LogP contribution in [0.3, 0.4) is 0 Å². The number of hydrogen-bond acceptors (Lipinski definition) is 9. The van der Waals surface area contributed by atoms with E-state index in [9.17, 15) is 4.79 Å². The van der Waals surface area contributed by atoms with E-state index < -0.39 is 11.6 Å². The fourth-order valence-corrected chi connectivity index (χ4v) is 2.52. The molecule has 23 heavy (non-hydrogen) atoms. The summed E-state index contributed by atoms with van der Waals surface area (Å²) in [6.07, 6.45) is 2.34. The SMILES string of the molecule is CC(C)(C)OC(=O)Cn1nnc(-c2nnc(CCCCO)s2)n1.